The molecule has 0 bridgehead atoms. The number of fused-ring (bicyclic) bond motifs is 1. The van der Waals surface area contributed by atoms with E-state index in [1.807, 2.05) is 30.3 Å². The van der Waals surface area contributed by atoms with Crippen molar-refractivity contribution in [1.82, 2.24) is 4.98 Å². The Morgan fingerprint density at radius 3 is 2.48 bits per heavy atom. The molecule has 1 N–H and O–H groups in total. The third kappa shape index (κ3) is 4.44. The lowest BCUT2D eigenvalue weighted by Gasteiger charge is -2.19. The molecule has 25 heavy (non-hydrogen) atoms. The van der Waals surface area contributed by atoms with Crippen molar-refractivity contribution >= 4 is 22.5 Å². The van der Waals surface area contributed by atoms with Gasteiger partial charge in [-0.3, -0.25) is 9.78 Å². The monoisotopic (exact) mass is 332 g/mol. The van der Waals surface area contributed by atoms with Crippen molar-refractivity contribution in [2.75, 3.05) is 5.32 Å². The molecular formula is C22H24N2O. The van der Waals surface area contributed by atoms with Gasteiger partial charge in [0.05, 0.1) is 17.4 Å². The molecule has 0 atom stereocenters. The maximum absolute atomic E-state index is 12.2. The van der Waals surface area contributed by atoms with E-state index in [2.05, 4.69) is 55.3 Å². The van der Waals surface area contributed by atoms with Gasteiger partial charge in [0.25, 0.3) is 0 Å². The molecule has 0 unspecified atom stereocenters. The number of nitrogens with one attached hydrogen (secondary N) is 1. The lowest BCUT2D eigenvalue weighted by molar-refractivity contribution is -0.116. The number of para-hydroxylation sites is 1. The van der Waals surface area contributed by atoms with Gasteiger partial charge in [0.2, 0.25) is 5.91 Å². The van der Waals surface area contributed by atoms with Gasteiger partial charge in [-0.05, 0) is 35.1 Å². The predicted octanol–water partition coefficient (Wildman–Crippen LogP) is 5.10. The van der Waals surface area contributed by atoms with Gasteiger partial charge in [-0.25, -0.2) is 0 Å². The number of amides is 1. The Kier molecular flexibility index (Phi) is 4.84. The molecule has 3 rings (SSSR count). The normalized spacial score (nSPS) is 11.5. The molecule has 0 aliphatic carbocycles. The molecule has 0 saturated heterocycles. The number of nitrogens with zero attached hydrogens (tertiary/aromatic N) is 1. The average Bonchev–Trinajstić information content (AvgIpc) is 2.59. The number of carbonyl (C=O) groups excluding carboxylic acids is 1. The van der Waals surface area contributed by atoms with E-state index in [9.17, 15) is 4.79 Å². The Hall–Kier alpha value is -2.68. The first-order chi connectivity index (χ1) is 11.9. The van der Waals surface area contributed by atoms with Crippen LogP contribution in [0.25, 0.3) is 10.9 Å². The quantitative estimate of drug-likeness (QED) is 0.722. The third-order valence-electron chi connectivity index (χ3n) is 4.33. The molecule has 0 aliphatic heterocycles. The minimum Gasteiger partial charge on any atom is -0.325 e. The van der Waals surface area contributed by atoms with Crippen molar-refractivity contribution in [3.05, 3.63) is 71.9 Å². The van der Waals surface area contributed by atoms with Gasteiger partial charge in [-0.1, -0.05) is 63.2 Å². The number of aryl methyl sites for hydroxylation is 1. The number of aromatic nitrogens is 1. The van der Waals surface area contributed by atoms with Crippen LogP contribution < -0.4 is 5.32 Å². The first-order valence-electron chi connectivity index (χ1n) is 8.66. The smallest absolute Gasteiger partial charge is 0.224 e. The van der Waals surface area contributed by atoms with Crippen molar-refractivity contribution in [3.8, 4) is 0 Å². The molecule has 0 spiro atoms. The topological polar surface area (TPSA) is 42.0 Å². The van der Waals surface area contributed by atoms with E-state index >= 15 is 0 Å². The van der Waals surface area contributed by atoms with Crippen LogP contribution in [0.2, 0.25) is 0 Å². The first-order valence-corrected chi connectivity index (χ1v) is 8.66. The highest BCUT2D eigenvalue weighted by atomic mass is 16.1. The summed E-state index contributed by atoms with van der Waals surface area (Å²) in [6.45, 7) is 6.60. The van der Waals surface area contributed by atoms with Crippen LogP contribution in [-0.2, 0) is 16.6 Å². The Morgan fingerprint density at radius 2 is 1.76 bits per heavy atom. The number of benzene rings is 2. The van der Waals surface area contributed by atoms with Crippen molar-refractivity contribution in [2.45, 2.75) is 39.0 Å². The second kappa shape index (κ2) is 7.06. The number of hydrogen-bond donors (Lipinski definition) is 1. The molecule has 128 valence electrons. The summed E-state index contributed by atoms with van der Waals surface area (Å²) >= 11 is 0. The minimum atomic E-state index is 0.0111. The molecule has 0 radical (unpaired) electrons. The van der Waals surface area contributed by atoms with E-state index in [4.69, 9.17) is 0 Å². The van der Waals surface area contributed by atoms with Crippen LogP contribution >= 0.6 is 0 Å². The van der Waals surface area contributed by atoms with Crippen molar-refractivity contribution in [3.63, 3.8) is 0 Å². The van der Waals surface area contributed by atoms with E-state index < -0.39 is 0 Å². The zero-order valence-electron chi connectivity index (χ0n) is 15.0. The fraction of sp³-hybridized carbons (Fsp3) is 0.273. The summed E-state index contributed by atoms with van der Waals surface area (Å²) in [5.41, 5.74) is 4.31. The molecule has 3 aromatic rings. The number of rotatable bonds is 4. The number of carbonyl (C=O) groups is 1. The maximum Gasteiger partial charge on any atom is 0.224 e. The SMILES string of the molecule is CC(C)(C)c1ccc(CCC(=O)Nc2cnc3ccccc3c2)cc1. The largest absolute Gasteiger partial charge is 0.325 e. The Bertz CT molecular complexity index is 876. The van der Waals surface area contributed by atoms with Crippen LogP contribution in [0.5, 0.6) is 0 Å². The number of anilines is 1. The standard InChI is InChI=1S/C22H24N2O/c1-22(2,3)18-11-8-16(9-12-18)10-13-21(25)24-19-14-17-6-4-5-7-20(17)23-15-19/h4-9,11-12,14-15H,10,13H2,1-3H3,(H,24,25). The van der Waals surface area contributed by atoms with E-state index in [1.54, 1.807) is 6.20 Å². The Balaban J connectivity index is 1.58. The van der Waals surface area contributed by atoms with Gasteiger partial charge in [0, 0.05) is 11.8 Å². The first kappa shape index (κ1) is 17.2. The molecule has 1 heterocycles. The molecule has 3 nitrogen and oxygen atoms in total. The highest BCUT2D eigenvalue weighted by Crippen LogP contribution is 2.22. The van der Waals surface area contributed by atoms with Gasteiger partial charge < -0.3 is 5.32 Å². The number of pyridine rings is 1. The third-order valence-corrected chi connectivity index (χ3v) is 4.33. The number of hydrogen-bond acceptors (Lipinski definition) is 2. The molecule has 0 fully saturated rings. The summed E-state index contributed by atoms with van der Waals surface area (Å²) in [4.78, 5) is 16.6. The summed E-state index contributed by atoms with van der Waals surface area (Å²) in [6, 6.07) is 18.4. The van der Waals surface area contributed by atoms with E-state index in [0.717, 1.165) is 23.0 Å². The average molecular weight is 332 g/mol. The molecule has 0 aliphatic rings. The molecule has 0 saturated carbocycles. The van der Waals surface area contributed by atoms with Gasteiger partial charge in [0.1, 0.15) is 0 Å². The Morgan fingerprint density at radius 1 is 1.04 bits per heavy atom. The highest BCUT2D eigenvalue weighted by Gasteiger charge is 2.13. The van der Waals surface area contributed by atoms with Gasteiger partial charge >= 0.3 is 0 Å². The summed E-state index contributed by atoms with van der Waals surface area (Å²) < 4.78 is 0. The van der Waals surface area contributed by atoms with E-state index in [-0.39, 0.29) is 11.3 Å². The van der Waals surface area contributed by atoms with Crippen LogP contribution in [0.3, 0.4) is 0 Å². The van der Waals surface area contributed by atoms with Gasteiger partial charge in [-0.15, -0.1) is 0 Å². The molecule has 3 heteroatoms. The van der Waals surface area contributed by atoms with E-state index in [1.165, 1.54) is 11.1 Å². The summed E-state index contributed by atoms with van der Waals surface area (Å²) in [6.07, 6.45) is 2.90. The van der Waals surface area contributed by atoms with Crippen LogP contribution in [-0.4, -0.2) is 10.9 Å². The molecule has 1 aromatic heterocycles. The van der Waals surface area contributed by atoms with Crippen molar-refractivity contribution in [2.24, 2.45) is 0 Å². The fourth-order valence-electron chi connectivity index (χ4n) is 2.79. The lowest BCUT2D eigenvalue weighted by atomic mass is 9.86. The van der Waals surface area contributed by atoms with Crippen LogP contribution in [0.4, 0.5) is 5.69 Å². The highest BCUT2D eigenvalue weighted by molar-refractivity contribution is 5.93. The second-order valence-electron chi connectivity index (χ2n) is 7.41. The fourth-order valence-corrected chi connectivity index (χ4v) is 2.79. The maximum atomic E-state index is 12.2. The van der Waals surface area contributed by atoms with Crippen molar-refractivity contribution < 1.29 is 4.79 Å². The van der Waals surface area contributed by atoms with Crippen LogP contribution in [0.15, 0.2) is 60.8 Å². The zero-order valence-corrected chi connectivity index (χ0v) is 15.0. The predicted molar refractivity (Wildman–Crippen MR) is 104 cm³/mol. The van der Waals surface area contributed by atoms with Crippen molar-refractivity contribution in [1.29, 1.82) is 0 Å². The van der Waals surface area contributed by atoms with E-state index in [0.29, 0.717) is 6.42 Å². The lowest BCUT2D eigenvalue weighted by Crippen LogP contribution is -2.13. The van der Waals surface area contributed by atoms with Gasteiger partial charge in [-0.2, -0.15) is 0 Å². The Labute approximate surface area is 149 Å². The molecular weight excluding hydrogens is 308 g/mol. The summed E-state index contributed by atoms with van der Waals surface area (Å²) in [5.74, 6) is 0.0111. The van der Waals surface area contributed by atoms with Gasteiger partial charge in [0.15, 0.2) is 0 Å². The molecule has 2 aromatic carbocycles. The van der Waals surface area contributed by atoms with Crippen LogP contribution in [0, 0.1) is 0 Å². The molecule has 1 amide bonds. The van der Waals surface area contributed by atoms with Crippen LogP contribution in [0.1, 0.15) is 38.3 Å². The summed E-state index contributed by atoms with van der Waals surface area (Å²) in [7, 11) is 0. The zero-order chi connectivity index (χ0) is 17.9. The minimum absolute atomic E-state index is 0.0111. The summed E-state index contributed by atoms with van der Waals surface area (Å²) in [5, 5.41) is 3.96. The second-order valence-corrected chi connectivity index (χ2v) is 7.41.